The molecule has 1 atom stereocenters. The van der Waals surface area contributed by atoms with Gasteiger partial charge in [-0.2, -0.15) is 0 Å². The Morgan fingerprint density at radius 2 is 0.565 bits per heavy atom. The van der Waals surface area contributed by atoms with Crippen molar-refractivity contribution in [3.8, 4) is 0 Å². The van der Waals surface area contributed by atoms with Gasteiger partial charge < -0.3 is 14.2 Å². The number of carbonyl (C=O) groups is 3. The van der Waals surface area contributed by atoms with Crippen LogP contribution in [0.4, 0.5) is 0 Å². The number of hydrogen-bond acceptors (Lipinski definition) is 6. The van der Waals surface area contributed by atoms with E-state index in [9.17, 15) is 14.4 Å². The van der Waals surface area contributed by atoms with Gasteiger partial charge in [-0.3, -0.25) is 14.4 Å². The average molecular weight is 962 g/mol. The molecule has 0 aromatic rings. The highest BCUT2D eigenvalue weighted by molar-refractivity contribution is 5.71. The molecule has 1 unspecified atom stereocenters. The summed E-state index contributed by atoms with van der Waals surface area (Å²) in [5.74, 6) is -0.927. The van der Waals surface area contributed by atoms with E-state index in [4.69, 9.17) is 14.2 Å². The van der Waals surface area contributed by atoms with Crippen molar-refractivity contribution in [1.29, 1.82) is 0 Å². The molecule has 0 fully saturated rings. The number of ether oxygens (including phenoxy) is 3. The molecule has 0 amide bonds. The Morgan fingerprint density at radius 1 is 0.304 bits per heavy atom. The van der Waals surface area contributed by atoms with Crippen molar-refractivity contribution in [1.82, 2.24) is 0 Å². The fourth-order valence-corrected chi connectivity index (χ4v) is 8.07. The Hall–Kier alpha value is -3.41. The number of esters is 3. The zero-order chi connectivity index (χ0) is 50.0. The lowest BCUT2D eigenvalue weighted by Gasteiger charge is -2.18. The van der Waals surface area contributed by atoms with Gasteiger partial charge in [-0.15, -0.1) is 0 Å². The third-order valence-electron chi connectivity index (χ3n) is 12.4. The van der Waals surface area contributed by atoms with Crippen molar-refractivity contribution in [3.63, 3.8) is 0 Å². The van der Waals surface area contributed by atoms with Gasteiger partial charge in [0.25, 0.3) is 0 Å². The quantitative estimate of drug-likeness (QED) is 0.0262. The molecular formula is C63H108O6. The third-order valence-corrected chi connectivity index (χ3v) is 12.4. The summed E-state index contributed by atoms with van der Waals surface area (Å²) in [4.78, 5) is 37.8. The van der Waals surface area contributed by atoms with Crippen LogP contribution in [0.3, 0.4) is 0 Å². The normalized spacial score (nSPS) is 12.7. The van der Waals surface area contributed by atoms with Crippen LogP contribution < -0.4 is 0 Å². The van der Waals surface area contributed by atoms with Crippen LogP contribution in [0, 0.1) is 0 Å². The van der Waals surface area contributed by atoms with Crippen molar-refractivity contribution < 1.29 is 28.6 Å². The first-order chi connectivity index (χ1) is 34.0. The van der Waals surface area contributed by atoms with Gasteiger partial charge in [0.05, 0.1) is 0 Å². The van der Waals surface area contributed by atoms with Gasteiger partial charge in [0.1, 0.15) is 13.2 Å². The second-order valence-corrected chi connectivity index (χ2v) is 19.2. The third kappa shape index (κ3) is 55.4. The molecule has 0 spiro atoms. The molecule has 69 heavy (non-hydrogen) atoms. The lowest BCUT2D eigenvalue weighted by molar-refractivity contribution is -0.167. The molecule has 0 aliphatic rings. The molecule has 0 aliphatic heterocycles. The summed E-state index contributed by atoms with van der Waals surface area (Å²) in [5, 5.41) is 0. The second kappa shape index (κ2) is 57.2. The maximum atomic E-state index is 12.8. The number of rotatable bonds is 52. The standard InChI is InChI=1S/C63H108O6/c1-4-7-10-13-15-17-19-21-23-25-27-29-30-31-32-34-35-37-39-41-43-45-47-50-53-56-62(65)68-59-60(58-67-61(64)55-52-49-12-9-6-3)69-63(66)57-54-51-48-46-44-42-40-38-36-33-28-26-24-22-20-18-16-14-11-8-5-2/h7,10,15,17,21,23,27,29,31-32,35,37,41,43,60H,4-6,8-9,11-14,16,18-20,22,24-26,28,30,33-34,36,38-40,42,44-59H2,1-3H3/b10-7-,17-15-,23-21-,29-27-,32-31-,37-35-,43-41-. The number of unbranched alkanes of at least 4 members (excludes halogenated alkanes) is 27. The topological polar surface area (TPSA) is 78.9 Å². The number of allylic oxidation sites excluding steroid dienone is 14. The van der Waals surface area contributed by atoms with Gasteiger partial charge in [0.15, 0.2) is 6.10 Å². The molecule has 0 aromatic heterocycles. The van der Waals surface area contributed by atoms with Crippen LogP contribution in [0.2, 0.25) is 0 Å². The van der Waals surface area contributed by atoms with E-state index in [1.165, 1.54) is 122 Å². The maximum absolute atomic E-state index is 12.8. The van der Waals surface area contributed by atoms with E-state index in [0.717, 1.165) is 116 Å². The summed E-state index contributed by atoms with van der Waals surface area (Å²) in [6.07, 6.45) is 74.8. The molecule has 0 saturated carbocycles. The van der Waals surface area contributed by atoms with E-state index in [-0.39, 0.29) is 31.1 Å². The van der Waals surface area contributed by atoms with E-state index in [2.05, 4.69) is 106 Å². The summed E-state index contributed by atoms with van der Waals surface area (Å²) >= 11 is 0. The molecule has 0 aliphatic carbocycles. The summed E-state index contributed by atoms with van der Waals surface area (Å²) in [6.45, 7) is 6.43. The smallest absolute Gasteiger partial charge is 0.306 e. The molecule has 0 radical (unpaired) electrons. The fraction of sp³-hybridized carbons (Fsp3) is 0.730. The van der Waals surface area contributed by atoms with E-state index < -0.39 is 6.10 Å². The molecule has 0 bridgehead atoms. The van der Waals surface area contributed by atoms with E-state index in [0.29, 0.717) is 19.3 Å². The highest BCUT2D eigenvalue weighted by Gasteiger charge is 2.19. The zero-order valence-electron chi connectivity index (χ0n) is 45.3. The van der Waals surface area contributed by atoms with Gasteiger partial charge >= 0.3 is 17.9 Å². The highest BCUT2D eigenvalue weighted by Crippen LogP contribution is 2.16. The lowest BCUT2D eigenvalue weighted by Crippen LogP contribution is -2.30. The Labute approximate surface area is 426 Å². The van der Waals surface area contributed by atoms with Crippen LogP contribution in [-0.4, -0.2) is 37.2 Å². The molecule has 0 saturated heterocycles. The van der Waals surface area contributed by atoms with Crippen LogP contribution in [0.5, 0.6) is 0 Å². The van der Waals surface area contributed by atoms with Gasteiger partial charge in [0.2, 0.25) is 0 Å². The summed E-state index contributed by atoms with van der Waals surface area (Å²) in [6, 6.07) is 0. The molecule has 0 aromatic carbocycles. The minimum atomic E-state index is -0.785. The van der Waals surface area contributed by atoms with Gasteiger partial charge in [0, 0.05) is 19.3 Å². The Balaban J connectivity index is 4.16. The number of hydrogen-bond donors (Lipinski definition) is 0. The molecule has 0 N–H and O–H groups in total. The Morgan fingerprint density at radius 3 is 0.884 bits per heavy atom. The van der Waals surface area contributed by atoms with Crippen molar-refractivity contribution in [2.45, 2.75) is 284 Å². The van der Waals surface area contributed by atoms with E-state index in [1.807, 2.05) is 0 Å². The minimum absolute atomic E-state index is 0.0863. The maximum Gasteiger partial charge on any atom is 0.306 e. The molecule has 0 rings (SSSR count). The van der Waals surface area contributed by atoms with Crippen molar-refractivity contribution >= 4 is 17.9 Å². The molecule has 0 heterocycles. The van der Waals surface area contributed by atoms with Crippen LogP contribution in [-0.2, 0) is 28.6 Å². The number of carbonyl (C=O) groups excluding carboxylic acids is 3. The SMILES string of the molecule is CC/C=C\C/C=C\C/C=C\C/C=C\C/C=C\C/C=C\C/C=C\CCCCCC(=O)OCC(COC(=O)CCCCCCC)OC(=O)CCCCCCCCCCCCCCCCCCCCCCC. The fourth-order valence-electron chi connectivity index (χ4n) is 8.07. The lowest BCUT2D eigenvalue weighted by atomic mass is 10.0. The summed E-state index contributed by atoms with van der Waals surface area (Å²) in [5.41, 5.74) is 0. The second-order valence-electron chi connectivity index (χ2n) is 19.2. The van der Waals surface area contributed by atoms with E-state index in [1.54, 1.807) is 0 Å². The van der Waals surface area contributed by atoms with Gasteiger partial charge in [-0.05, 0) is 77.0 Å². The van der Waals surface area contributed by atoms with Crippen LogP contribution in [0.1, 0.15) is 278 Å². The Bertz CT molecular complexity index is 1330. The first kappa shape index (κ1) is 65.6. The molecule has 6 heteroatoms. The highest BCUT2D eigenvalue weighted by atomic mass is 16.6. The average Bonchev–Trinajstić information content (AvgIpc) is 3.35. The van der Waals surface area contributed by atoms with Gasteiger partial charge in [-0.25, -0.2) is 0 Å². The van der Waals surface area contributed by atoms with Crippen molar-refractivity contribution in [2.75, 3.05) is 13.2 Å². The first-order valence-electron chi connectivity index (χ1n) is 29.1. The molecule has 6 nitrogen and oxygen atoms in total. The Kier molecular flexibility index (Phi) is 54.3. The first-order valence-corrected chi connectivity index (χ1v) is 29.1. The summed E-state index contributed by atoms with van der Waals surface area (Å²) < 4.78 is 16.7. The largest absolute Gasteiger partial charge is 0.462 e. The monoisotopic (exact) mass is 961 g/mol. The van der Waals surface area contributed by atoms with E-state index >= 15 is 0 Å². The van der Waals surface area contributed by atoms with Crippen molar-refractivity contribution in [3.05, 3.63) is 85.1 Å². The van der Waals surface area contributed by atoms with Crippen LogP contribution in [0.25, 0.3) is 0 Å². The predicted molar refractivity (Wildman–Crippen MR) is 297 cm³/mol. The molecule has 396 valence electrons. The van der Waals surface area contributed by atoms with Crippen LogP contribution in [0.15, 0.2) is 85.1 Å². The zero-order valence-corrected chi connectivity index (χ0v) is 45.3. The van der Waals surface area contributed by atoms with Gasteiger partial charge in [-0.1, -0.05) is 266 Å². The minimum Gasteiger partial charge on any atom is -0.462 e. The van der Waals surface area contributed by atoms with Crippen molar-refractivity contribution in [2.24, 2.45) is 0 Å². The predicted octanol–water partition coefficient (Wildman–Crippen LogP) is 19.5. The summed E-state index contributed by atoms with van der Waals surface area (Å²) in [7, 11) is 0. The van der Waals surface area contributed by atoms with Crippen LogP contribution >= 0.6 is 0 Å². The molecular weight excluding hydrogens is 853 g/mol.